The van der Waals surface area contributed by atoms with E-state index in [1.807, 2.05) is 13.0 Å². The highest BCUT2D eigenvalue weighted by Crippen LogP contribution is 2.31. The van der Waals surface area contributed by atoms with Crippen LogP contribution in [0.15, 0.2) is 54.6 Å². The first-order valence-electron chi connectivity index (χ1n) is 10.4. The van der Waals surface area contributed by atoms with Gasteiger partial charge in [0, 0.05) is 11.7 Å². The summed E-state index contributed by atoms with van der Waals surface area (Å²) in [5.41, 5.74) is 20.0. The fourth-order valence-corrected chi connectivity index (χ4v) is 2.84. The van der Waals surface area contributed by atoms with Crippen molar-refractivity contribution < 1.29 is 0 Å². The summed E-state index contributed by atoms with van der Waals surface area (Å²) in [6, 6.07) is 14.7. The van der Waals surface area contributed by atoms with Crippen molar-refractivity contribution in [1.82, 2.24) is 0 Å². The number of anilines is 1. The molecule has 0 heterocycles. The molecular formula is C26H38N2. The SMILES string of the molecule is CC/C=C\C(=C(/C)c1cccc(C)c1)c1ccc(N)c(C(C)N)c1.CCCC. The van der Waals surface area contributed by atoms with Gasteiger partial charge in [-0.3, -0.25) is 0 Å². The second kappa shape index (κ2) is 12.2. The van der Waals surface area contributed by atoms with Crippen molar-refractivity contribution in [1.29, 1.82) is 0 Å². The lowest BCUT2D eigenvalue weighted by atomic mass is 9.92. The van der Waals surface area contributed by atoms with Crippen LogP contribution in [0.25, 0.3) is 11.1 Å². The van der Waals surface area contributed by atoms with E-state index in [2.05, 4.69) is 83.2 Å². The quantitative estimate of drug-likeness (QED) is 0.315. The van der Waals surface area contributed by atoms with Gasteiger partial charge in [-0.15, -0.1) is 0 Å². The maximum absolute atomic E-state index is 6.08. The normalized spacial score (nSPS) is 13.0. The predicted octanol–water partition coefficient (Wildman–Crippen LogP) is 7.30. The summed E-state index contributed by atoms with van der Waals surface area (Å²) in [6.45, 7) is 12.8. The zero-order chi connectivity index (χ0) is 21.1. The number of hydrogen-bond donors (Lipinski definition) is 2. The molecule has 0 radical (unpaired) electrons. The summed E-state index contributed by atoms with van der Waals surface area (Å²) in [7, 11) is 0. The lowest BCUT2D eigenvalue weighted by molar-refractivity contribution is 0.821. The topological polar surface area (TPSA) is 52.0 Å². The Morgan fingerprint density at radius 1 is 1.00 bits per heavy atom. The Bertz CT molecular complexity index is 796. The van der Waals surface area contributed by atoms with Crippen molar-refractivity contribution in [3.63, 3.8) is 0 Å². The Morgan fingerprint density at radius 2 is 1.68 bits per heavy atom. The number of nitrogen functional groups attached to an aromatic ring is 1. The third-order valence-corrected chi connectivity index (χ3v) is 4.76. The molecule has 2 aromatic rings. The highest BCUT2D eigenvalue weighted by molar-refractivity contribution is 5.95. The first-order chi connectivity index (χ1) is 13.3. The molecule has 0 saturated heterocycles. The average Bonchev–Trinajstić information content (AvgIpc) is 2.69. The van der Waals surface area contributed by atoms with E-state index in [-0.39, 0.29) is 6.04 Å². The number of rotatable bonds is 6. The van der Waals surface area contributed by atoms with Crippen LogP contribution in [-0.2, 0) is 0 Å². The third-order valence-electron chi connectivity index (χ3n) is 4.76. The van der Waals surface area contributed by atoms with E-state index >= 15 is 0 Å². The molecule has 0 aromatic heterocycles. The smallest absolute Gasteiger partial charge is 0.0362 e. The summed E-state index contributed by atoms with van der Waals surface area (Å²) in [6.07, 6.45) is 8.03. The number of benzene rings is 2. The molecule has 0 aliphatic carbocycles. The Kier molecular flexibility index (Phi) is 10.3. The first kappa shape index (κ1) is 23.7. The molecule has 1 unspecified atom stereocenters. The van der Waals surface area contributed by atoms with Crippen LogP contribution in [0.3, 0.4) is 0 Å². The number of allylic oxidation sites excluding steroid dienone is 4. The number of hydrogen-bond acceptors (Lipinski definition) is 2. The van der Waals surface area contributed by atoms with Crippen molar-refractivity contribution in [2.45, 2.75) is 66.8 Å². The van der Waals surface area contributed by atoms with Crippen LogP contribution >= 0.6 is 0 Å². The molecule has 2 rings (SSSR count). The van der Waals surface area contributed by atoms with Gasteiger partial charge in [-0.25, -0.2) is 0 Å². The largest absolute Gasteiger partial charge is 0.398 e. The molecule has 0 aliphatic heterocycles. The number of unbranched alkanes of at least 4 members (excludes halogenated alkanes) is 1. The van der Waals surface area contributed by atoms with Gasteiger partial charge < -0.3 is 11.5 Å². The minimum Gasteiger partial charge on any atom is -0.398 e. The maximum Gasteiger partial charge on any atom is 0.0362 e. The summed E-state index contributed by atoms with van der Waals surface area (Å²) in [5.74, 6) is 0. The fourth-order valence-electron chi connectivity index (χ4n) is 2.84. The Hall–Kier alpha value is -2.32. The third kappa shape index (κ3) is 7.01. The summed E-state index contributed by atoms with van der Waals surface area (Å²) in [5, 5.41) is 0. The molecule has 0 fully saturated rings. The van der Waals surface area contributed by atoms with Gasteiger partial charge in [0.2, 0.25) is 0 Å². The van der Waals surface area contributed by atoms with Gasteiger partial charge in [-0.1, -0.05) is 81.7 Å². The van der Waals surface area contributed by atoms with E-state index in [9.17, 15) is 0 Å². The minimum atomic E-state index is -0.0827. The van der Waals surface area contributed by atoms with Gasteiger partial charge in [0.25, 0.3) is 0 Å². The average molecular weight is 379 g/mol. The zero-order valence-corrected chi connectivity index (χ0v) is 18.5. The number of aryl methyl sites for hydroxylation is 1. The van der Waals surface area contributed by atoms with Crippen LogP contribution in [0.5, 0.6) is 0 Å². The lowest BCUT2D eigenvalue weighted by Gasteiger charge is -2.15. The highest BCUT2D eigenvalue weighted by atomic mass is 14.6. The van der Waals surface area contributed by atoms with Crippen LogP contribution in [0.1, 0.15) is 82.2 Å². The van der Waals surface area contributed by atoms with Gasteiger partial charge in [0.15, 0.2) is 0 Å². The molecular weight excluding hydrogens is 340 g/mol. The molecule has 2 aromatic carbocycles. The van der Waals surface area contributed by atoms with Crippen LogP contribution < -0.4 is 11.5 Å². The van der Waals surface area contributed by atoms with Gasteiger partial charge >= 0.3 is 0 Å². The minimum absolute atomic E-state index is 0.0827. The Morgan fingerprint density at radius 3 is 2.21 bits per heavy atom. The van der Waals surface area contributed by atoms with Crippen LogP contribution in [-0.4, -0.2) is 0 Å². The molecule has 0 amide bonds. The standard InChI is InChI=1S/C22H28N2.C4H10/c1-5-6-10-20(16(3)18-9-7-8-15(2)13-18)19-11-12-22(24)21(14-19)17(4)23;1-3-4-2/h6-14,17H,5,23-24H2,1-4H3;3-4H2,1-2H3/b10-6-,20-16-;. The van der Waals surface area contributed by atoms with Gasteiger partial charge in [-0.2, -0.15) is 0 Å². The Labute approximate surface area is 172 Å². The van der Waals surface area contributed by atoms with E-state index in [1.54, 1.807) is 0 Å². The molecule has 1 atom stereocenters. The molecule has 4 N–H and O–H groups in total. The van der Waals surface area contributed by atoms with E-state index < -0.39 is 0 Å². The second-order valence-electron chi connectivity index (χ2n) is 7.35. The van der Waals surface area contributed by atoms with Crippen molar-refractivity contribution >= 4 is 16.8 Å². The maximum atomic E-state index is 6.08. The van der Waals surface area contributed by atoms with Gasteiger partial charge in [-0.05, 0) is 67.2 Å². The van der Waals surface area contributed by atoms with Crippen molar-refractivity contribution in [3.05, 3.63) is 76.9 Å². The van der Waals surface area contributed by atoms with Crippen LogP contribution in [0.4, 0.5) is 5.69 Å². The Balaban J connectivity index is 0.000000892. The summed E-state index contributed by atoms with van der Waals surface area (Å²) in [4.78, 5) is 0. The second-order valence-corrected chi connectivity index (χ2v) is 7.35. The molecule has 2 nitrogen and oxygen atoms in total. The van der Waals surface area contributed by atoms with Crippen molar-refractivity contribution in [2.24, 2.45) is 5.73 Å². The van der Waals surface area contributed by atoms with E-state index in [1.165, 1.54) is 35.1 Å². The van der Waals surface area contributed by atoms with E-state index in [4.69, 9.17) is 11.5 Å². The van der Waals surface area contributed by atoms with E-state index in [0.29, 0.717) is 0 Å². The molecule has 152 valence electrons. The molecule has 2 heteroatoms. The summed E-state index contributed by atoms with van der Waals surface area (Å²) < 4.78 is 0. The zero-order valence-electron chi connectivity index (χ0n) is 18.5. The lowest BCUT2D eigenvalue weighted by Crippen LogP contribution is -2.08. The molecule has 28 heavy (non-hydrogen) atoms. The molecule has 0 aliphatic rings. The monoisotopic (exact) mass is 378 g/mol. The first-order valence-corrected chi connectivity index (χ1v) is 10.4. The van der Waals surface area contributed by atoms with E-state index in [0.717, 1.165) is 23.2 Å². The van der Waals surface area contributed by atoms with Crippen LogP contribution in [0, 0.1) is 6.92 Å². The van der Waals surface area contributed by atoms with Crippen molar-refractivity contribution in [3.8, 4) is 0 Å². The summed E-state index contributed by atoms with van der Waals surface area (Å²) >= 11 is 0. The van der Waals surface area contributed by atoms with Crippen molar-refractivity contribution in [2.75, 3.05) is 5.73 Å². The fraction of sp³-hybridized carbons (Fsp3) is 0.385. The molecule has 0 bridgehead atoms. The van der Waals surface area contributed by atoms with Gasteiger partial charge in [0.1, 0.15) is 0 Å². The molecule has 0 spiro atoms. The highest BCUT2D eigenvalue weighted by Gasteiger charge is 2.10. The predicted molar refractivity (Wildman–Crippen MR) is 127 cm³/mol. The van der Waals surface area contributed by atoms with Gasteiger partial charge in [0.05, 0.1) is 0 Å². The van der Waals surface area contributed by atoms with Crippen LogP contribution in [0.2, 0.25) is 0 Å². The number of nitrogens with two attached hydrogens (primary N) is 2. The molecule has 0 saturated carbocycles.